The molecule has 51 heavy (non-hydrogen) atoms. The van der Waals surface area contributed by atoms with Crippen LogP contribution >= 0.6 is 0 Å². The Labute approximate surface area is 300 Å². The molecule has 0 bridgehead atoms. The predicted molar refractivity (Wildman–Crippen MR) is 195 cm³/mol. The highest BCUT2D eigenvalue weighted by atomic mass is 28.4. The van der Waals surface area contributed by atoms with Gasteiger partial charge in [-0.05, 0) is 48.4 Å². The number of anilines is 1. The van der Waals surface area contributed by atoms with Crippen molar-refractivity contribution in [2.24, 2.45) is 0 Å². The number of benzene rings is 1. The van der Waals surface area contributed by atoms with E-state index in [4.69, 9.17) is 28.1 Å². The monoisotopic (exact) mass is 747 g/mol. The topological polar surface area (TPSA) is 114 Å². The second-order valence-corrected chi connectivity index (χ2v) is 26.8. The number of pyridine rings is 1. The summed E-state index contributed by atoms with van der Waals surface area (Å²) in [7, 11) is -3.55. The molecule has 0 radical (unpaired) electrons. The van der Waals surface area contributed by atoms with Crippen molar-refractivity contribution < 1.29 is 46.8 Å². The van der Waals surface area contributed by atoms with Crippen molar-refractivity contribution in [3.8, 4) is 17.1 Å². The maximum Gasteiger partial charge on any atom is 0.343 e. The number of aromatic nitrogens is 2. The predicted octanol–water partition coefficient (Wildman–Crippen LogP) is 6.76. The number of carbonyl (C=O) groups is 1. The van der Waals surface area contributed by atoms with Gasteiger partial charge in [0.15, 0.2) is 14.4 Å². The van der Waals surface area contributed by atoms with E-state index in [9.17, 15) is 9.90 Å². The summed E-state index contributed by atoms with van der Waals surface area (Å²) in [5, 5.41) is 10.6. The highest BCUT2D eigenvalue weighted by Gasteiger charge is 2.53. The molecule has 0 amide bonds. The van der Waals surface area contributed by atoms with Crippen LogP contribution in [0.3, 0.4) is 0 Å². The van der Waals surface area contributed by atoms with Crippen LogP contribution in [-0.2, 0) is 30.1 Å². The zero-order chi connectivity index (χ0) is 36.9. The lowest BCUT2D eigenvalue weighted by atomic mass is 10.1. The molecule has 0 spiro atoms. The quantitative estimate of drug-likeness (QED) is 0.158. The first-order chi connectivity index (χ1) is 23.9. The Morgan fingerprint density at radius 2 is 1.63 bits per heavy atom. The zero-order valence-electron chi connectivity index (χ0n) is 30.9. The molecule has 3 fully saturated rings. The molecular formula is C36H51F2N3O8Si2. The zero-order valence-corrected chi connectivity index (χ0v) is 32.9. The summed E-state index contributed by atoms with van der Waals surface area (Å²) in [6, 6.07) is 6.56. The van der Waals surface area contributed by atoms with Crippen molar-refractivity contribution in [2.75, 3.05) is 51.0 Å². The van der Waals surface area contributed by atoms with E-state index in [0.29, 0.717) is 50.7 Å². The summed E-state index contributed by atoms with van der Waals surface area (Å²) in [6.45, 7) is 20.6. The number of carboxylic acid groups (broad SMARTS) is 1. The summed E-state index contributed by atoms with van der Waals surface area (Å²) in [4.78, 5) is 19.4. The normalized spacial score (nSPS) is 22.9. The second-order valence-electron chi connectivity index (χ2n) is 16.4. The number of morpholine rings is 1. The second kappa shape index (κ2) is 14.5. The van der Waals surface area contributed by atoms with Crippen LogP contribution < -0.4 is 9.64 Å². The molecule has 15 heteroatoms. The molecule has 3 aromatic rings. The lowest BCUT2D eigenvalue weighted by molar-refractivity contribution is 0.00805. The van der Waals surface area contributed by atoms with Crippen molar-refractivity contribution >= 4 is 39.1 Å². The first kappa shape index (κ1) is 37.8. The maximum atomic E-state index is 15.7. The van der Waals surface area contributed by atoms with Gasteiger partial charge in [-0.25, -0.2) is 18.6 Å². The number of carboxylic acids is 1. The van der Waals surface area contributed by atoms with Gasteiger partial charge in [0.05, 0.1) is 49.3 Å². The molecule has 11 nitrogen and oxygen atoms in total. The summed E-state index contributed by atoms with van der Waals surface area (Å²) in [5.74, 6) is -2.88. The molecule has 3 saturated heterocycles. The minimum Gasteiger partial charge on any atom is -0.477 e. The van der Waals surface area contributed by atoms with Gasteiger partial charge in [0.1, 0.15) is 41.7 Å². The first-order valence-corrected chi connectivity index (χ1v) is 24.3. The van der Waals surface area contributed by atoms with E-state index in [-0.39, 0.29) is 58.8 Å². The summed E-state index contributed by atoms with van der Waals surface area (Å²) >= 11 is 0. The van der Waals surface area contributed by atoms with Crippen molar-refractivity contribution in [2.45, 2.75) is 95.7 Å². The van der Waals surface area contributed by atoms with Gasteiger partial charge in [0, 0.05) is 33.5 Å². The number of aromatic carboxylic acids is 1. The number of hydrogen-bond acceptors (Lipinski definition) is 9. The third-order valence-corrected chi connectivity index (χ3v) is 16.6. The molecule has 2 aromatic heterocycles. The fourth-order valence-corrected chi connectivity index (χ4v) is 8.52. The number of fused-ring (bicyclic) bond motifs is 2. The van der Waals surface area contributed by atoms with E-state index in [0.717, 1.165) is 6.04 Å². The fraction of sp³-hybridized carbons (Fsp3) is 0.611. The van der Waals surface area contributed by atoms with Gasteiger partial charge in [-0.2, -0.15) is 0 Å². The van der Waals surface area contributed by atoms with Crippen LogP contribution in [0.1, 0.15) is 31.1 Å². The molecule has 0 saturated carbocycles. The van der Waals surface area contributed by atoms with Crippen LogP contribution in [0.25, 0.3) is 22.3 Å². The average Bonchev–Trinajstić information content (AvgIpc) is 3.71. The SMILES string of the molecule is CC(C)(C)[Si](C)(C)OC1CO[C@H]2[C@@H]1OC[C@H]2Oc1c(C(=O)O)c2nc(-c3c(F)cc(N4CCOCC4)cc3F)ccc2n1COCC[Si](C)(C)C. The summed E-state index contributed by atoms with van der Waals surface area (Å²) < 4.78 is 70.0. The highest BCUT2D eigenvalue weighted by molar-refractivity contribution is 6.76. The van der Waals surface area contributed by atoms with Crippen molar-refractivity contribution in [3.05, 3.63) is 41.5 Å². The number of ether oxygens (including phenoxy) is 5. The lowest BCUT2D eigenvalue weighted by Crippen LogP contribution is -2.47. The fourth-order valence-electron chi connectivity index (χ4n) is 6.45. The Hall–Kier alpha value is -2.93. The van der Waals surface area contributed by atoms with Gasteiger partial charge >= 0.3 is 5.97 Å². The number of nitrogens with zero attached hydrogens (tertiary/aromatic N) is 3. The minimum atomic E-state index is -2.13. The molecule has 4 atom stereocenters. The molecule has 3 aliphatic rings. The Kier molecular flexibility index (Phi) is 10.7. The van der Waals surface area contributed by atoms with Gasteiger partial charge in [0.2, 0.25) is 5.88 Å². The van der Waals surface area contributed by atoms with Crippen molar-refractivity contribution in [3.63, 3.8) is 0 Å². The average molecular weight is 748 g/mol. The molecule has 6 rings (SSSR count). The molecule has 1 unspecified atom stereocenters. The number of halogens is 2. The summed E-state index contributed by atoms with van der Waals surface area (Å²) in [6.07, 6.45) is -1.78. The van der Waals surface area contributed by atoms with E-state index in [2.05, 4.69) is 58.5 Å². The highest BCUT2D eigenvalue weighted by Crippen LogP contribution is 2.42. The van der Waals surface area contributed by atoms with Crippen LogP contribution in [0.15, 0.2) is 24.3 Å². The molecule has 280 valence electrons. The lowest BCUT2D eigenvalue weighted by Gasteiger charge is -2.39. The van der Waals surface area contributed by atoms with E-state index in [1.807, 2.05) is 4.90 Å². The number of rotatable bonds is 12. The first-order valence-electron chi connectivity index (χ1n) is 17.7. The Balaban J connectivity index is 1.35. The van der Waals surface area contributed by atoms with Crippen LogP contribution in [0.2, 0.25) is 43.8 Å². The molecule has 5 heterocycles. The molecule has 3 aliphatic heterocycles. The Bertz CT molecular complexity index is 1730. The molecular weight excluding hydrogens is 697 g/mol. The van der Waals surface area contributed by atoms with E-state index >= 15 is 8.78 Å². The minimum absolute atomic E-state index is 0.00510. The standard InChI is InChI=1S/C36H51F2N3O8Si2/c1-36(2,3)51(7,8)49-28-20-47-32-27(19-46-33(28)32)48-34-30(35(42)43)31-26(41(34)21-45-15-16-50(4,5)6)10-9-25(39-31)29-23(37)17-22(18-24(29)38)40-11-13-44-14-12-40/h9-10,17-18,27-28,32-33H,11-16,19-21H2,1-8H3,(H,42,43)/t27-,28?,32-,33-/m1/s1. The Morgan fingerprint density at radius 3 is 2.24 bits per heavy atom. The van der Waals surface area contributed by atoms with Crippen LogP contribution in [0.5, 0.6) is 5.88 Å². The van der Waals surface area contributed by atoms with E-state index < -0.39 is 46.2 Å². The van der Waals surface area contributed by atoms with Gasteiger partial charge < -0.3 is 38.1 Å². The third-order valence-electron chi connectivity index (χ3n) is 10.4. The largest absolute Gasteiger partial charge is 0.477 e. The molecule has 0 aliphatic carbocycles. The Morgan fingerprint density at radius 1 is 1.00 bits per heavy atom. The van der Waals surface area contributed by atoms with Gasteiger partial charge in [-0.1, -0.05) is 40.4 Å². The maximum absolute atomic E-state index is 15.7. The van der Waals surface area contributed by atoms with Crippen molar-refractivity contribution in [1.29, 1.82) is 0 Å². The van der Waals surface area contributed by atoms with Crippen molar-refractivity contribution in [1.82, 2.24) is 9.55 Å². The third kappa shape index (κ3) is 7.89. The van der Waals surface area contributed by atoms with Crippen LogP contribution in [0, 0.1) is 11.6 Å². The smallest absolute Gasteiger partial charge is 0.343 e. The van der Waals surface area contributed by atoms with E-state index in [1.165, 1.54) is 18.2 Å². The molecule has 1 N–H and O–H groups in total. The number of hydrogen-bond donors (Lipinski definition) is 1. The van der Waals surface area contributed by atoms with Crippen LogP contribution in [-0.4, -0.2) is 108 Å². The van der Waals surface area contributed by atoms with Crippen LogP contribution in [0.4, 0.5) is 14.5 Å². The van der Waals surface area contributed by atoms with Gasteiger partial charge in [0.25, 0.3) is 0 Å². The van der Waals surface area contributed by atoms with E-state index in [1.54, 1.807) is 10.6 Å². The van der Waals surface area contributed by atoms with Gasteiger partial charge in [-0.3, -0.25) is 4.57 Å². The van der Waals surface area contributed by atoms with Gasteiger partial charge in [-0.15, -0.1) is 0 Å². The molecule has 1 aromatic carbocycles. The summed E-state index contributed by atoms with van der Waals surface area (Å²) in [5.41, 5.74) is 0.220.